The summed E-state index contributed by atoms with van der Waals surface area (Å²) < 4.78 is 0. The topological polar surface area (TPSA) is 40.5 Å². The average molecular weight is 229 g/mol. The zero-order valence-electron chi connectivity index (χ0n) is 8.98. The van der Waals surface area contributed by atoms with E-state index in [1.54, 1.807) is 0 Å². The van der Waals surface area contributed by atoms with Crippen molar-refractivity contribution in [1.82, 2.24) is 4.90 Å². The molecule has 1 N–H and O–H groups in total. The van der Waals surface area contributed by atoms with Crippen LogP contribution in [0.5, 0.6) is 0 Å². The Morgan fingerprint density at radius 2 is 2.33 bits per heavy atom. The SMILES string of the molecule is O=C(O)CN1CC[C@@]2(CC[C@H](CS)C2)C1. The van der Waals surface area contributed by atoms with Crippen molar-refractivity contribution < 1.29 is 9.90 Å². The Kier molecular flexibility index (Phi) is 3.26. The van der Waals surface area contributed by atoms with Crippen molar-refractivity contribution in [2.24, 2.45) is 11.3 Å². The van der Waals surface area contributed by atoms with Crippen LogP contribution in [0, 0.1) is 11.3 Å². The van der Waals surface area contributed by atoms with Gasteiger partial charge in [0, 0.05) is 6.54 Å². The Bertz CT molecular complexity index is 259. The summed E-state index contributed by atoms with van der Waals surface area (Å²) in [5.41, 5.74) is 0.433. The maximum absolute atomic E-state index is 10.6. The van der Waals surface area contributed by atoms with Crippen molar-refractivity contribution in [2.75, 3.05) is 25.4 Å². The Balaban J connectivity index is 1.89. The van der Waals surface area contributed by atoms with Crippen molar-refractivity contribution in [1.29, 1.82) is 0 Å². The fourth-order valence-electron chi connectivity index (χ4n) is 3.21. The lowest BCUT2D eigenvalue weighted by atomic mass is 9.85. The standard InChI is InChI=1S/C11H19NO2S/c13-10(14)6-12-4-3-11(8-12)2-1-9(5-11)7-15/h9,15H,1-8H2,(H,13,14)/t9-,11+/m0/s1. The maximum Gasteiger partial charge on any atom is 0.317 e. The van der Waals surface area contributed by atoms with Crippen LogP contribution in [0.25, 0.3) is 0 Å². The van der Waals surface area contributed by atoms with Crippen molar-refractivity contribution in [3.05, 3.63) is 0 Å². The van der Waals surface area contributed by atoms with E-state index in [0.717, 1.165) is 24.8 Å². The number of carboxylic acids is 1. The molecule has 2 atom stereocenters. The van der Waals surface area contributed by atoms with Crippen LogP contribution in [0.1, 0.15) is 25.7 Å². The van der Waals surface area contributed by atoms with E-state index in [1.807, 2.05) is 0 Å². The van der Waals surface area contributed by atoms with Gasteiger partial charge in [-0.2, -0.15) is 12.6 Å². The Morgan fingerprint density at radius 3 is 2.93 bits per heavy atom. The zero-order valence-corrected chi connectivity index (χ0v) is 9.88. The summed E-state index contributed by atoms with van der Waals surface area (Å²) >= 11 is 4.36. The van der Waals surface area contributed by atoms with E-state index >= 15 is 0 Å². The fraction of sp³-hybridized carbons (Fsp3) is 0.909. The van der Waals surface area contributed by atoms with Gasteiger partial charge in [-0.3, -0.25) is 9.69 Å². The highest BCUT2D eigenvalue weighted by molar-refractivity contribution is 7.80. The lowest BCUT2D eigenvalue weighted by Gasteiger charge is -2.23. The molecule has 0 amide bonds. The van der Waals surface area contributed by atoms with E-state index in [0.29, 0.717) is 5.41 Å². The van der Waals surface area contributed by atoms with Gasteiger partial charge in [0.15, 0.2) is 0 Å². The van der Waals surface area contributed by atoms with Crippen LogP contribution in [0.2, 0.25) is 0 Å². The summed E-state index contributed by atoms with van der Waals surface area (Å²) in [6, 6.07) is 0. The summed E-state index contributed by atoms with van der Waals surface area (Å²) in [5, 5.41) is 8.75. The number of hydrogen-bond acceptors (Lipinski definition) is 3. The molecule has 1 heterocycles. The number of likely N-dealkylation sites (tertiary alicyclic amines) is 1. The summed E-state index contributed by atoms with van der Waals surface area (Å²) in [7, 11) is 0. The van der Waals surface area contributed by atoms with Gasteiger partial charge >= 0.3 is 5.97 Å². The van der Waals surface area contributed by atoms with E-state index in [1.165, 1.54) is 25.7 Å². The number of hydrogen-bond donors (Lipinski definition) is 2. The highest BCUT2D eigenvalue weighted by Gasteiger charge is 2.43. The van der Waals surface area contributed by atoms with E-state index in [9.17, 15) is 4.79 Å². The van der Waals surface area contributed by atoms with E-state index in [4.69, 9.17) is 5.11 Å². The lowest BCUT2D eigenvalue weighted by Crippen LogP contribution is -2.30. The Labute approximate surface area is 96.2 Å². The predicted octanol–water partition coefficient (Wildman–Crippen LogP) is 1.49. The molecule has 1 spiro atoms. The monoisotopic (exact) mass is 229 g/mol. The van der Waals surface area contributed by atoms with Crippen LogP contribution in [0.4, 0.5) is 0 Å². The van der Waals surface area contributed by atoms with E-state index in [2.05, 4.69) is 17.5 Å². The van der Waals surface area contributed by atoms with Gasteiger partial charge in [-0.15, -0.1) is 0 Å². The maximum atomic E-state index is 10.6. The third kappa shape index (κ3) is 2.48. The molecule has 3 nitrogen and oxygen atoms in total. The van der Waals surface area contributed by atoms with Gasteiger partial charge in [0.1, 0.15) is 0 Å². The largest absolute Gasteiger partial charge is 0.480 e. The number of thiol groups is 1. The molecule has 1 saturated heterocycles. The lowest BCUT2D eigenvalue weighted by molar-refractivity contribution is -0.138. The minimum Gasteiger partial charge on any atom is -0.480 e. The molecule has 15 heavy (non-hydrogen) atoms. The number of aliphatic carboxylic acids is 1. The fourth-order valence-corrected chi connectivity index (χ4v) is 3.52. The van der Waals surface area contributed by atoms with Crippen molar-refractivity contribution in [3.63, 3.8) is 0 Å². The van der Waals surface area contributed by atoms with E-state index in [-0.39, 0.29) is 6.54 Å². The molecule has 2 fully saturated rings. The molecule has 0 aromatic rings. The van der Waals surface area contributed by atoms with Gasteiger partial charge in [0.2, 0.25) is 0 Å². The highest BCUT2D eigenvalue weighted by Crippen LogP contribution is 2.48. The number of carboxylic acid groups (broad SMARTS) is 1. The first-order chi connectivity index (χ1) is 7.13. The number of carbonyl (C=O) groups is 1. The molecule has 1 aliphatic carbocycles. The molecule has 86 valence electrons. The van der Waals surface area contributed by atoms with Crippen molar-refractivity contribution >= 4 is 18.6 Å². The minimum absolute atomic E-state index is 0.216. The molecule has 0 radical (unpaired) electrons. The van der Waals surface area contributed by atoms with Gasteiger partial charge in [-0.05, 0) is 49.3 Å². The highest BCUT2D eigenvalue weighted by atomic mass is 32.1. The van der Waals surface area contributed by atoms with Crippen LogP contribution >= 0.6 is 12.6 Å². The second-order valence-corrected chi connectivity index (χ2v) is 5.51. The van der Waals surface area contributed by atoms with Crippen LogP contribution in [-0.4, -0.2) is 41.4 Å². The summed E-state index contributed by atoms with van der Waals surface area (Å²) in [4.78, 5) is 12.7. The molecule has 1 aliphatic heterocycles. The molecule has 0 bridgehead atoms. The van der Waals surface area contributed by atoms with Crippen molar-refractivity contribution in [3.8, 4) is 0 Å². The molecule has 0 unspecified atom stereocenters. The van der Waals surface area contributed by atoms with Gasteiger partial charge in [0.25, 0.3) is 0 Å². The summed E-state index contributed by atoms with van der Waals surface area (Å²) in [6.45, 7) is 2.17. The molecular weight excluding hydrogens is 210 g/mol. The van der Waals surface area contributed by atoms with Crippen LogP contribution in [-0.2, 0) is 4.79 Å². The van der Waals surface area contributed by atoms with Gasteiger partial charge in [-0.25, -0.2) is 0 Å². The minimum atomic E-state index is -0.698. The smallest absolute Gasteiger partial charge is 0.317 e. The Morgan fingerprint density at radius 1 is 1.53 bits per heavy atom. The third-order valence-corrected chi connectivity index (χ3v) is 4.46. The number of rotatable bonds is 3. The predicted molar refractivity (Wildman–Crippen MR) is 62.3 cm³/mol. The normalized spacial score (nSPS) is 36.5. The molecule has 1 saturated carbocycles. The van der Waals surface area contributed by atoms with Gasteiger partial charge < -0.3 is 5.11 Å². The molecule has 0 aromatic carbocycles. The molecule has 0 aromatic heterocycles. The third-order valence-electron chi connectivity index (χ3n) is 3.94. The zero-order chi connectivity index (χ0) is 10.9. The van der Waals surface area contributed by atoms with E-state index < -0.39 is 5.97 Å². The summed E-state index contributed by atoms with van der Waals surface area (Å²) in [6.07, 6.45) is 5.00. The first-order valence-corrected chi connectivity index (χ1v) is 6.32. The van der Waals surface area contributed by atoms with Crippen molar-refractivity contribution in [2.45, 2.75) is 25.7 Å². The molecule has 2 rings (SSSR count). The molecule has 2 aliphatic rings. The first kappa shape index (κ1) is 11.3. The number of nitrogens with zero attached hydrogens (tertiary/aromatic N) is 1. The summed E-state index contributed by atoms with van der Waals surface area (Å²) in [5.74, 6) is 1.05. The average Bonchev–Trinajstić information content (AvgIpc) is 2.74. The molecular formula is C11H19NO2S. The van der Waals surface area contributed by atoms with Crippen LogP contribution in [0.3, 0.4) is 0 Å². The quantitative estimate of drug-likeness (QED) is 0.720. The van der Waals surface area contributed by atoms with Crippen LogP contribution in [0.15, 0.2) is 0 Å². The van der Waals surface area contributed by atoms with Gasteiger partial charge in [-0.1, -0.05) is 0 Å². The Hall–Kier alpha value is -0.220. The second-order valence-electron chi connectivity index (χ2n) is 5.15. The van der Waals surface area contributed by atoms with Crippen LogP contribution < -0.4 is 0 Å². The first-order valence-electron chi connectivity index (χ1n) is 5.69. The van der Waals surface area contributed by atoms with Gasteiger partial charge in [0.05, 0.1) is 6.54 Å². The molecule has 4 heteroatoms. The second kappa shape index (κ2) is 4.34.